The lowest BCUT2D eigenvalue weighted by atomic mass is 9.90. The maximum absolute atomic E-state index is 13.6. The molecule has 1 aliphatic heterocycles. The average Bonchev–Trinajstić information content (AvgIpc) is 3.04. The third-order valence-corrected chi connectivity index (χ3v) is 5.46. The Kier molecular flexibility index (Phi) is 8.09. The Hall–Kier alpha value is -3.35. The Morgan fingerprint density at radius 2 is 1.36 bits per heavy atom. The fourth-order valence-electron chi connectivity index (χ4n) is 3.91. The molecule has 0 spiro atoms. The molecule has 176 valence electrons. The Labute approximate surface area is 195 Å². The summed E-state index contributed by atoms with van der Waals surface area (Å²) in [5.74, 6) is -0.533. The minimum atomic E-state index is -0.620. The maximum Gasteiger partial charge on any atom is 0.408 e. The third kappa shape index (κ3) is 7.07. The lowest BCUT2D eigenvalue weighted by molar-refractivity contribution is -0.133. The van der Waals surface area contributed by atoms with Gasteiger partial charge in [0.15, 0.2) is 0 Å². The SMILES string of the molecule is CC(C)(C)OC(=O)NCC(=O)N1CCCN(C(=O)C(c2ccccc2)c2ccccc2)CC1. The second-order valence-corrected chi connectivity index (χ2v) is 9.17. The second-order valence-electron chi connectivity index (χ2n) is 9.17. The first kappa shape index (κ1) is 24.3. The highest BCUT2D eigenvalue weighted by Gasteiger charge is 2.29. The molecule has 1 saturated heterocycles. The summed E-state index contributed by atoms with van der Waals surface area (Å²) in [4.78, 5) is 41.6. The van der Waals surface area contributed by atoms with E-state index in [1.165, 1.54) is 0 Å². The van der Waals surface area contributed by atoms with Crippen LogP contribution in [0.25, 0.3) is 0 Å². The highest BCUT2D eigenvalue weighted by atomic mass is 16.6. The van der Waals surface area contributed by atoms with Crippen LogP contribution in [0.5, 0.6) is 0 Å². The molecule has 1 heterocycles. The number of nitrogens with zero attached hydrogens (tertiary/aromatic N) is 2. The van der Waals surface area contributed by atoms with E-state index in [0.29, 0.717) is 32.6 Å². The number of hydrogen-bond acceptors (Lipinski definition) is 4. The van der Waals surface area contributed by atoms with Gasteiger partial charge in [0.25, 0.3) is 0 Å². The van der Waals surface area contributed by atoms with Crippen LogP contribution in [0.3, 0.4) is 0 Å². The zero-order valence-electron chi connectivity index (χ0n) is 19.6. The van der Waals surface area contributed by atoms with Crippen molar-refractivity contribution in [1.82, 2.24) is 15.1 Å². The molecule has 3 rings (SSSR count). The van der Waals surface area contributed by atoms with Crippen molar-refractivity contribution in [3.8, 4) is 0 Å². The van der Waals surface area contributed by atoms with Crippen molar-refractivity contribution in [3.05, 3.63) is 71.8 Å². The van der Waals surface area contributed by atoms with Crippen LogP contribution in [-0.2, 0) is 14.3 Å². The minimum absolute atomic E-state index is 0.0357. The quantitative estimate of drug-likeness (QED) is 0.756. The van der Waals surface area contributed by atoms with Crippen LogP contribution in [-0.4, -0.2) is 66.0 Å². The number of alkyl carbamates (subject to hydrolysis) is 1. The number of hydrogen-bond donors (Lipinski definition) is 1. The van der Waals surface area contributed by atoms with Crippen LogP contribution in [0.4, 0.5) is 4.79 Å². The van der Waals surface area contributed by atoms with Crippen molar-refractivity contribution >= 4 is 17.9 Å². The van der Waals surface area contributed by atoms with Gasteiger partial charge < -0.3 is 19.9 Å². The van der Waals surface area contributed by atoms with E-state index in [4.69, 9.17) is 4.74 Å². The third-order valence-electron chi connectivity index (χ3n) is 5.46. The minimum Gasteiger partial charge on any atom is -0.444 e. The Morgan fingerprint density at radius 1 is 0.848 bits per heavy atom. The summed E-state index contributed by atoms with van der Waals surface area (Å²) in [6.07, 6.45) is 0.0660. The van der Waals surface area contributed by atoms with E-state index in [0.717, 1.165) is 11.1 Å². The first-order valence-electron chi connectivity index (χ1n) is 11.4. The largest absolute Gasteiger partial charge is 0.444 e. The fourth-order valence-corrected chi connectivity index (χ4v) is 3.91. The van der Waals surface area contributed by atoms with E-state index >= 15 is 0 Å². The van der Waals surface area contributed by atoms with Gasteiger partial charge in [-0.05, 0) is 38.3 Å². The van der Waals surface area contributed by atoms with Crippen LogP contribution in [0.15, 0.2) is 60.7 Å². The van der Waals surface area contributed by atoms with Crippen LogP contribution in [0, 0.1) is 0 Å². The molecule has 0 bridgehead atoms. The van der Waals surface area contributed by atoms with Gasteiger partial charge in [-0.15, -0.1) is 0 Å². The summed E-state index contributed by atoms with van der Waals surface area (Å²) >= 11 is 0. The van der Waals surface area contributed by atoms with E-state index in [9.17, 15) is 14.4 Å². The van der Waals surface area contributed by atoms with Gasteiger partial charge in [0.1, 0.15) is 12.1 Å². The van der Waals surface area contributed by atoms with Crippen molar-refractivity contribution in [2.75, 3.05) is 32.7 Å². The van der Waals surface area contributed by atoms with Gasteiger partial charge in [-0.2, -0.15) is 0 Å². The highest BCUT2D eigenvalue weighted by Crippen LogP contribution is 2.27. The molecule has 7 heteroatoms. The summed E-state index contributed by atoms with van der Waals surface area (Å²) in [6, 6.07) is 19.6. The molecule has 3 amide bonds. The lowest BCUT2D eigenvalue weighted by Crippen LogP contribution is -2.44. The van der Waals surface area contributed by atoms with Gasteiger partial charge in [0.2, 0.25) is 11.8 Å². The van der Waals surface area contributed by atoms with Crippen LogP contribution >= 0.6 is 0 Å². The number of carbonyl (C=O) groups is 3. The van der Waals surface area contributed by atoms with Gasteiger partial charge in [-0.3, -0.25) is 9.59 Å². The number of nitrogens with one attached hydrogen (secondary N) is 1. The highest BCUT2D eigenvalue weighted by molar-refractivity contribution is 5.87. The standard InChI is InChI=1S/C26H33N3O4/c1-26(2,3)33-25(32)27-19-22(30)28-15-10-16-29(18-17-28)24(31)23(20-11-6-4-7-12-20)21-13-8-5-9-14-21/h4-9,11-14,23H,10,15-19H2,1-3H3,(H,27,32). The molecule has 1 fully saturated rings. The summed E-state index contributed by atoms with van der Waals surface area (Å²) in [5, 5.41) is 2.52. The number of amides is 3. The predicted molar refractivity (Wildman–Crippen MR) is 127 cm³/mol. The molecule has 2 aromatic carbocycles. The molecule has 0 saturated carbocycles. The Balaban J connectivity index is 1.63. The van der Waals surface area contributed by atoms with E-state index < -0.39 is 11.7 Å². The van der Waals surface area contributed by atoms with Crippen molar-refractivity contribution in [2.24, 2.45) is 0 Å². The molecule has 1 aliphatic rings. The second kappa shape index (κ2) is 11.0. The topological polar surface area (TPSA) is 79.0 Å². The first-order chi connectivity index (χ1) is 15.7. The summed E-state index contributed by atoms with van der Waals surface area (Å²) in [6.45, 7) is 7.19. The number of carbonyl (C=O) groups excluding carboxylic acids is 3. The van der Waals surface area contributed by atoms with E-state index in [-0.39, 0.29) is 24.3 Å². The van der Waals surface area contributed by atoms with Gasteiger partial charge in [0.05, 0.1) is 5.92 Å². The smallest absolute Gasteiger partial charge is 0.408 e. The molecule has 0 aromatic heterocycles. The summed E-state index contributed by atoms with van der Waals surface area (Å²) in [5.41, 5.74) is 1.28. The number of rotatable bonds is 5. The normalized spacial score (nSPS) is 14.5. The average molecular weight is 452 g/mol. The number of benzene rings is 2. The first-order valence-corrected chi connectivity index (χ1v) is 11.4. The molecule has 2 aromatic rings. The molecule has 0 radical (unpaired) electrons. The van der Waals surface area contributed by atoms with Gasteiger partial charge in [0, 0.05) is 26.2 Å². The molecular weight excluding hydrogens is 418 g/mol. The molecular formula is C26H33N3O4. The van der Waals surface area contributed by atoms with Gasteiger partial charge in [-0.1, -0.05) is 60.7 Å². The van der Waals surface area contributed by atoms with Crippen LogP contribution in [0.1, 0.15) is 44.2 Å². The molecule has 33 heavy (non-hydrogen) atoms. The molecule has 0 aliphatic carbocycles. The van der Waals surface area contributed by atoms with Crippen molar-refractivity contribution < 1.29 is 19.1 Å². The molecule has 0 unspecified atom stereocenters. The van der Waals surface area contributed by atoms with E-state index in [2.05, 4.69) is 5.32 Å². The molecule has 7 nitrogen and oxygen atoms in total. The predicted octanol–water partition coefficient (Wildman–Crippen LogP) is 3.40. The Morgan fingerprint density at radius 3 is 1.91 bits per heavy atom. The zero-order valence-corrected chi connectivity index (χ0v) is 19.6. The molecule has 1 N–H and O–H groups in total. The molecule has 0 atom stereocenters. The summed E-state index contributed by atoms with van der Waals surface area (Å²) < 4.78 is 5.19. The van der Waals surface area contributed by atoms with Crippen LogP contribution < -0.4 is 5.32 Å². The van der Waals surface area contributed by atoms with Crippen molar-refractivity contribution in [1.29, 1.82) is 0 Å². The zero-order chi connectivity index (χ0) is 23.8. The van der Waals surface area contributed by atoms with Gasteiger partial charge in [-0.25, -0.2) is 4.79 Å². The van der Waals surface area contributed by atoms with Crippen molar-refractivity contribution in [2.45, 2.75) is 38.7 Å². The maximum atomic E-state index is 13.6. The monoisotopic (exact) mass is 451 g/mol. The Bertz CT molecular complexity index is 902. The van der Waals surface area contributed by atoms with E-state index in [1.54, 1.807) is 25.7 Å². The van der Waals surface area contributed by atoms with E-state index in [1.807, 2.05) is 65.6 Å². The fraction of sp³-hybridized carbons (Fsp3) is 0.423. The summed E-state index contributed by atoms with van der Waals surface area (Å²) in [7, 11) is 0. The van der Waals surface area contributed by atoms with Crippen molar-refractivity contribution in [3.63, 3.8) is 0 Å². The lowest BCUT2D eigenvalue weighted by Gasteiger charge is -2.27. The van der Waals surface area contributed by atoms with Crippen LogP contribution in [0.2, 0.25) is 0 Å². The van der Waals surface area contributed by atoms with Gasteiger partial charge >= 0.3 is 6.09 Å². The number of ether oxygens (including phenoxy) is 1.